The fourth-order valence-corrected chi connectivity index (χ4v) is 5.48. The van der Waals surface area contributed by atoms with E-state index in [2.05, 4.69) is 51.6 Å². The molecule has 2 amide bonds. The number of aromatic nitrogens is 3. The van der Waals surface area contributed by atoms with Crippen molar-refractivity contribution in [3.8, 4) is 5.75 Å². The van der Waals surface area contributed by atoms with Gasteiger partial charge in [0.2, 0.25) is 11.8 Å². The minimum Gasteiger partial charge on any atom is -0.489 e. The van der Waals surface area contributed by atoms with Gasteiger partial charge in [0.15, 0.2) is 0 Å². The van der Waals surface area contributed by atoms with Crippen LogP contribution in [-0.4, -0.2) is 63.5 Å². The number of aryl methyl sites for hydroxylation is 1. The molecule has 0 radical (unpaired) electrons. The molecule has 0 aliphatic carbocycles. The molecule has 10 heteroatoms. The van der Waals surface area contributed by atoms with Gasteiger partial charge in [-0.05, 0) is 56.0 Å². The van der Waals surface area contributed by atoms with Crippen LogP contribution in [0.3, 0.4) is 0 Å². The number of carbonyl (C=O) groups is 2. The summed E-state index contributed by atoms with van der Waals surface area (Å²) in [5, 5.41) is 11.4. The number of carbonyl (C=O) groups excluding carboxylic acids is 2. The normalized spacial score (nSPS) is 18.3. The zero-order valence-electron chi connectivity index (χ0n) is 21.6. The number of piperidine rings is 2. The van der Waals surface area contributed by atoms with Crippen LogP contribution in [0.5, 0.6) is 5.75 Å². The van der Waals surface area contributed by atoms with E-state index in [9.17, 15) is 9.59 Å². The molecule has 9 nitrogen and oxygen atoms in total. The number of hydrogen-bond donors (Lipinski definition) is 1. The smallest absolute Gasteiger partial charge is 0.247 e. The third-order valence-electron chi connectivity index (χ3n) is 7.26. The molecule has 5 rings (SSSR count). The summed E-state index contributed by atoms with van der Waals surface area (Å²) in [6, 6.07) is 13.2. The number of amides is 2. The van der Waals surface area contributed by atoms with Crippen molar-refractivity contribution in [2.75, 3.05) is 29.9 Å². The van der Waals surface area contributed by atoms with E-state index >= 15 is 0 Å². The lowest BCUT2D eigenvalue weighted by atomic mass is 10.0. The molecule has 38 heavy (non-hydrogen) atoms. The Bertz CT molecular complexity index is 1260. The van der Waals surface area contributed by atoms with Crippen molar-refractivity contribution in [3.05, 3.63) is 65.4 Å². The number of hydrogen-bond acceptors (Lipinski definition) is 6. The highest BCUT2D eigenvalue weighted by molar-refractivity contribution is 6.32. The highest BCUT2D eigenvalue weighted by atomic mass is 35.5. The zero-order valence-corrected chi connectivity index (χ0v) is 22.3. The molecular weight excluding hydrogens is 504 g/mol. The molecule has 1 N–H and O–H groups in total. The van der Waals surface area contributed by atoms with Gasteiger partial charge in [0.25, 0.3) is 0 Å². The first-order chi connectivity index (χ1) is 18.5. The topological polar surface area (TPSA) is 92.6 Å². The maximum Gasteiger partial charge on any atom is 0.247 e. The second-order valence-electron chi connectivity index (χ2n) is 9.88. The Hall–Kier alpha value is -3.59. The van der Waals surface area contributed by atoms with E-state index in [0.29, 0.717) is 29.4 Å². The van der Waals surface area contributed by atoms with E-state index < -0.39 is 6.04 Å². The number of halogens is 1. The van der Waals surface area contributed by atoms with Gasteiger partial charge < -0.3 is 19.9 Å². The quantitative estimate of drug-likeness (QED) is 0.484. The van der Waals surface area contributed by atoms with Gasteiger partial charge in [0.1, 0.15) is 24.4 Å². The Labute approximate surface area is 227 Å². The van der Waals surface area contributed by atoms with Crippen molar-refractivity contribution in [1.82, 2.24) is 19.9 Å². The summed E-state index contributed by atoms with van der Waals surface area (Å²) in [5.41, 5.74) is 3.14. The second-order valence-corrected chi connectivity index (χ2v) is 10.3. The number of benzene rings is 2. The second kappa shape index (κ2) is 11.9. The fraction of sp³-hybridized carbons (Fsp3) is 0.429. The van der Waals surface area contributed by atoms with Gasteiger partial charge in [0, 0.05) is 43.9 Å². The number of anilines is 2. The molecule has 2 aliphatic heterocycles. The van der Waals surface area contributed by atoms with Crippen LogP contribution < -0.4 is 15.0 Å². The lowest BCUT2D eigenvalue weighted by Gasteiger charge is -2.35. The molecule has 200 valence electrons. The van der Waals surface area contributed by atoms with Crippen molar-refractivity contribution >= 4 is 34.8 Å². The summed E-state index contributed by atoms with van der Waals surface area (Å²) in [6.07, 6.45) is 7.31. The largest absolute Gasteiger partial charge is 0.489 e. The van der Waals surface area contributed by atoms with Gasteiger partial charge in [0.05, 0.1) is 17.4 Å². The highest BCUT2D eigenvalue weighted by Crippen LogP contribution is 2.32. The maximum atomic E-state index is 13.1. The van der Waals surface area contributed by atoms with Crippen LogP contribution >= 0.6 is 11.6 Å². The predicted octanol–water partition coefficient (Wildman–Crippen LogP) is 4.31. The van der Waals surface area contributed by atoms with Crippen LogP contribution in [0.25, 0.3) is 0 Å². The summed E-state index contributed by atoms with van der Waals surface area (Å²) < 4.78 is 6.24. The monoisotopic (exact) mass is 536 g/mol. The van der Waals surface area contributed by atoms with Gasteiger partial charge in [-0.1, -0.05) is 29.8 Å². The Morgan fingerprint density at radius 1 is 1.03 bits per heavy atom. The van der Waals surface area contributed by atoms with Crippen molar-refractivity contribution < 1.29 is 14.3 Å². The van der Waals surface area contributed by atoms with E-state index in [4.69, 9.17) is 16.3 Å². The van der Waals surface area contributed by atoms with Gasteiger partial charge in [-0.3, -0.25) is 9.59 Å². The number of ether oxygens (including phenoxy) is 1. The van der Waals surface area contributed by atoms with E-state index in [1.165, 1.54) is 28.4 Å². The summed E-state index contributed by atoms with van der Waals surface area (Å²) in [6.45, 7) is 4.54. The average molecular weight is 537 g/mol. The van der Waals surface area contributed by atoms with Crippen LogP contribution in [0, 0.1) is 6.92 Å². The molecule has 1 aromatic heterocycles. The highest BCUT2D eigenvalue weighted by Gasteiger charge is 2.32. The summed E-state index contributed by atoms with van der Waals surface area (Å²) in [4.78, 5) is 31.4. The first kappa shape index (κ1) is 26.0. The number of para-hydroxylation sites is 1. The molecule has 0 unspecified atom stereocenters. The predicted molar refractivity (Wildman–Crippen MR) is 146 cm³/mol. The van der Waals surface area contributed by atoms with E-state index in [-0.39, 0.29) is 24.5 Å². The average Bonchev–Trinajstić information content (AvgIpc) is 3.44. The molecule has 2 aliphatic rings. The first-order valence-electron chi connectivity index (χ1n) is 13.2. The molecule has 2 aromatic carbocycles. The molecule has 1 atom stereocenters. The van der Waals surface area contributed by atoms with Crippen LogP contribution in [0.1, 0.15) is 37.7 Å². The first-order valence-corrected chi connectivity index (χ1v) is 13.6. The van der Waals surface area contributed by atoms with Gasteiger partial charge in [-0.25, -0.2) is 0 Å². The number of nitrogens with one attached hydrogen (secondary N) is 1. The molecule has 0 spiro atoms. The van der Waals surface area contributed by atoms with E-state index in [0.717, 1.165) is 38.8 Å². The molecule has 3 heterocycles. The van der Waals surface area contributed by atoms with Gasteiger partial charge >= 0.3 is 0 Å². The van der Waals surface area contributed by atoms with Crippen molar-refractivity contribution in [1.29, 1.82) is 0 Å². The van der Waals surface area contributed by atoms with Crippen molar-refractivity contribution in [3.63, 3.8) is 0 Å². The Morgan fingerprint density at radius 2 is 1.79 bits per heavy atom. The van der Waals surface area contributed by atoms with Crippen molar-refractivity contribution in [2.45, 2.75) is 57.7 Å². The summed E-state index contributed by atoms with van der Waals surface area (Å²) >= 11 is 6.55. The Kier molecular flexibility index (Phi) is 8.12. The van der Waals surface area contributed by atoms with Crippen molar-refractivity contribution in [2.24, 2.45) is 0 Å². The van der Waals surface area contributed by atoms with Crippen LogP contribution in [0.15, 0.2) is 54.9 Å². The zero-order chi connectivity index (χ0) is 26.5. The summed E-state index contributed by atoms with van der Waals surface area (Å²) in [7, 11) is 0. The third-order valence-corrected chi connectivity index (χ3v) is 7.56. The van der Waals surface area contributed by atoms with Crippen LogP contribution in [0.2, 0.25) is 5.02 Å². The molecule has 3 aromatic rings. The fourth-order valence-electron chi connectivity index (χ4n) is 5.25. The van der Waals surface area contributed by atoms with E-state index in [1.54, 1.807) is 23.1 Å². The number of rotatable bonds is 7. The minimum absolute atomic E-state index is 0.0124. The van der Waals surface area contributed by atoms with Crippen LogP contribution in [-0.2, 0) is 16.1 Å². The maximum absolute atomic E-state index is 13.1. The van der Waals surface area contributed by atoms with Crippen LogP contribution in [0.4, 0.5) is 11.4 Å². The SMILES string of the molecule is Cc1ccccc1N1CCC(Oc2ccc(NC(=O)[C@H]3CCCCN3C(=O)Cn3nccn3)cc2Cl)CC1. The molecule has 0 saturated carbocycles. The van der Waals surface area contributed by atoms with E-state index in [1.807, 2.05) is 0 Å². The standard InChI is InChI=1S/C28H33ClN6O3/c1-20-6-2-3-7-24(20)33-16-11-22(12-17-33)38-26-10-9-21(18-23(26)29)32-28(37)25-8-4-5-15-34(25)27(36)19-35-30-13-14-31-35/h2-3,6-7,9-10,13-14,18,22,25H,4-5,8,11-12,15-17,19H2,1H3,(H,32,37)/t25-/m1/s1. The Morgan fingerprint density at radius 3 is 2.53 bits per heavy atom. The molecular formula is C28H33ClN6O3. The third kappa shape index (κ3) is 6.10. The lowest BCUT2D eigenvalue weighted by molar-refractivity contribution is -0.141. The molecule has 2 fully saturated rings. The number of likely N-dealkylation sites (tertiary alicyclic amines) is 1. The summed E-state index contributed by atoms with van der Waals surface area (Å²) in [5.74, 6) is 0.219. The Balaban J connectivity index is 1.16. The molecule has 0 bridgehead atoms. The molecule has 2 saturated heterocycles. The van der Waals surface area contributed by atoms with Gasteiger partial charge in [-0.15, -0.1) is 0 Å². The van der Waals surface area contributed by atoms with Gasteiger partial charge in [-0.2, -0.15) is 15.0 Å². The lowest BCUT2D eigenvalue weighted by Crippen LogP contribution is -2.51. The minimum atomic E-state index is -0.542. The number of nitrogens with zero attached hydrogens (tertiary/aromatic N) is 5.